The first-order chi connectivity index (χ1) is 13.1. The Morgan fingerprint density at radius 1 is 1.15 bits per heavy atom. The van der Waals surface area contributed by atoms with Gasteiger partial charge in [0.1, 0.15) is 10.7 Å². The van der Waals surface area contributed by atoms with E-state index in [9.17, 15) is 9.18 Å². The number of carbonyl (C=O) groups is 1. The lowest BCUT2D eigenvalue weighted by Gasteiger charge is -2.20. The number of rotatable bonds is 3. The van der Waals surface area contributed by atoms with Crippen LogP contribution < -0.4 is 5.32 Å². The van der Waals surface area contributed by atoms with Gasteiger partial charge in [0.25, 0.3) is 5.91 Å². The van der Waals surface area contributed by atoms with Crippen LogP contribution in [0.4, 0.5) is 4.39 Å². The zero-order valence-corrected chi connectivity index (χ0v) is 16.3. The summed E-state index contributed by atoms with van der Waals surface area (Å²) in [5, 5.41) is 3.24. The van der Waals surface area contributed by atoms with Gasteiger partial charge in [-0.15, -0.1) is 0 Å². The van der Waals surface area contributed by atoms with Crippen LogP contribution >= 0.6 is 11.3 Å². The predicted octanol–water partition coefficient (Wildman–Crippen LogP) is 5.35. The number of benzene rings is 1. The highest BCUT2D eigenvalue weighted by molar-refractivity contribution is 7.19. The van der Waals surface area contributed by atoms with Crippen molar-refractivity contribution in [2.45, 2.75) is 57.9 Å². The van der Waals surface area contributed by atoms with Crippen LogP contribution in [0.2, 0.25) is 0 Å². The molecule has 0 saturated heterocycles. The Balaban J connectivity index is 1.53. The van der Waals surface area contributed by atoms with Crippen molar-refractivity contribution in [2.75, 3.05) is 0 Å². The number of hydrogen-bond donors (Lipinski definition) is 1. The van der Waals surface area contributed by atoms with E-state index in [4.69, 9.17) is 0 Å². The fourth-order valence-electron chi connectivity index (χ4n) is 3.77. The molecule has 1 N–H and O–H groups in total. The number of aryl methyl sites for hydroxylation is 1. The second-order valence-electron chi connectivity index (χ2n) is 7.32. The van der Waals surface area contributed by atoms with Gasteiger partial charge in [-0.3, -0.25) is 9.20 Å². The van der Waals surface area contributed by atoms with Gasteiger partial charge in [-0.05, 0) is 44.0 Å². The lowest BCUT2D eigenvalue weighted by atomic mass is 9.97. The summed E-state index contributed by atoms with van der Waals surface area (Å²) >= 11 is 1.41. The fourth-order valence-corrected chi connectivity index (χ4v) is 4.78. The molecule has 6 heteroatoms. The number of nitrogens with one attached hydrogen (secondary N) is 1. The molecule has 142 valence electrons. The predicted molar refractivity (Wildman–Crippen MR) is 107 cm³/mol. The molecule has 0 atom stereocenters. The molecule has 0 unspecified atom stereocenters. The maximum absolute atomic E-state index is 13.1. The third-order valence-electron chi connectivity index (χ3n) is 5.34. The van der Waals surface area contributed by atoms with E-state index in [1.54, 1.807) is 12.1 Å². The van der Waals surface area contributed by atoms with Crippen molar-refractivity contribution >= 4 is 22.2 Å². The Morgan fingerprint density at radius 2 is 1.81 bits per heavy atom. The average molecular weight is 386 g/mol. The zero-order valence-electron chi connectivity index (χ0n) is 15.5. The number of fused-ring (bicyclic) bond motifs is 1. The van der Waals surface area contributed by atoms with E-state index < -0.39 is 0 Å². The summed E-state index contributed by atoms with van der Waals surface area (Å²) in [5.74, 6) is -0.249. The Labute approximate surface area is 162 Å². The van der Waals surface area contributed by atoms with Crippen LogP contribution in [-0.4, -0.2) is 21.3 Å². The van der Waals surface area contributed by atoms with Gasteiger partial charge in [0.15, 0.2) is 4.96 Å². The minimum Gasteiger partial charge on any atom is -0.349 e. The summed E-state index contributed by atoms with van der Waals surface area (Å²) in [7, 11) is 0. The lowest BCUT2D eigenvalue weighted by Crippen LogP contribution is -2.35. The molecule has 0 bridgehead atoms. The summed E-state index contributed by atoms with van der Waals surface area (Å²) in [5.41, 5.74) is 2.56. The molecule has 2 heterocycles. The third-order valence-corrected chi connectivity index (χ3v) is 6.50. The maximum Gasteiger partial charge on any atom is 0.263 e. The Morgan fingerprint density at radius 3 is 2.48 bits per heavy atom. The van der Waals surface area contributed by atoms with Crippen molar-refractivity contribution < 1.29 is 9.18 Å². The Kier molecular flexibility index (Phi) is 5.25. The van der Waals surface area contributed by atoms with Crippen LogP contribution in [0.25, 0.3) is 16.2 Å². The number of thiazole rings is 1. The van der Waals surface area contributed by atoms with Crippen molar-refractivity contribution in [2.24, 2.45) is 0 Å². The highest BCUT2D eigenvalue weighted by atomic mass is 32.1. The van der Waals surface area contributed by atoms with Crippen molar-refractivity contribution in [1.82, 2.24) is 14.7 Å². The number of amides is 1. The van der Waals surface area contributed by atoms with Gasteiger partial charge in [-0.2, -0.15) is 0 Å². The van der Waals surface area contributed by atoms with E-state index in [1.807, 2.05) is 17.5 Å². The molecule has 1 aliphatic rings. The number of nitrogens with zero attached hydrogens (tertiary/aromatic N) is 2. The van der Waals surface area contributed by atoms with E-state index >= 15 is 0 Å². The molecule has 0 spiro atoms. The number of halogens is 1. The Hall–Kier alpha value is -2.21. The number of carbonyl (C=O) groups excluding carboxylic acids is 1. The van der Waals surface area contributed by atoms with Gasteiger partial charge in [0.05, 0.1) is 5.69 Å². The summed E-state index contributed by atoms with van der Waals surface area (Å²) < 4.78 is 15.1. The number of aromatic nitrogens is 2. The Bertz CT molecular complexity index is 936. The molecule has 1 fully saturated rings. The van der Waals surface area contributed by atoms with Crippen LogP contribution in [0.1, 0.15) is 60.3 Å². The van der Waals surface area contributed by atoms with Gasteiger partial charge in [0, 0.05) is 23.5 Å². The van der Waals surface area contributed by atoms with Crippen molar-refractivity contribution in [3.05, 3.63) is 46.9 Å². The molecule has 1 saturated carbocycles. The van der Waals surface area contributed by atoms with Crippen LogP contribution in [0.5, 0.6) is 0 Å². The fraction of sp³-hybridized carbons (Fsp3) is 0.429. The average Bonchev–Trinajstić information content (AvgIpc) is 3.17. The SMILES string of the molecule is Cc1c(C(=O)NC2CCCCCCC2)sc2nc(-c3ccc(F)cc3)cn12. The van der Waals surface area contributed by atoms with Crippen LogP contribution in [0.3, 0.4) is 0 Å². The minimum atomic E-state index is -0.260. The first kappa shape index (κ1) is 18.2. The highest BCUT2D eigenvalue weighted by Crippen LogP contribution is 2.28. The van der Waals surface area contributed by atoms with E-state index in [-0.39, 0.29) is 17.8 Å². The second kappa shape index (κ2) is 7.80. The maximum atomic E-state index is 13.1. The molecule has 3 aromatic rings. The van der Waals surface area contributed by atoms with Crippen LogP contribution in [-0.2, 0) is 0 Å². The molecule has 1 aromatic carbocycles. The highest BCUT2D eigenvalue weighted by Gasteiger charge is 2.21. The number of imidazole rings is 1. The van der Waals surface area contributed by atoms with Gasteiger partial charge in [-0.25, -0.2) is 9.37 Å². The molecule has 4 rings (SSSR count). The zero-order chi connectivity index (χ0) is 18.8. The quantitative estimate of drug-likeness (QED) is 0.660. The summed E-state index contributed by atoms with van der Waals surface area (Å²) in [6, 6.07) is 6.59. The smallest absolute Gasteiger partial charge is 0.263 e. The van der Waals surface area contributed by atoms with Gasteiger partial charge in [-0.1, -0.05) is 43.4 Å². The van der Waals surface area contributed by atoms with Crippen molar-refractivity contribution in [3.8, 4) is 11.3 Å². The summed E-state index contributed by atoms with van der Waals surface area (Å²) in [6.45, 7) is 1.95. The number of hydrogen-bond acceptors (Lipinski definition) is 3. The molecule has 27 heavy (non-hydrogen) atoms. The van der Waals surface area contributed by atoms with E-state index in [0.29, 0.717) is 0 Å². The monoisotopic (exact) mass is 385 g/mol. The standard InChI is InChI=1S/C21H24FN3OS/c1-14-19(20(26)23-17-7-5-3-2-4-6-8-17)27-21-24-18(13-25(14)21)15-9-11-16(22)12-10-15/h9-13,17H,2-8H2,1H3,(H,23,26). The molecule has 1 amide bonds. The van der Waals surface area contributed by atoms with Gasteiger partial charge in [0.2, 0.25) is 0 Å². The molecular formula is C21H24FN3OS. The molecule has 0 radical (unpaired) electrons. The minimum absolute atomic E-state index is 0.0110. The van der Waals surface area contributed by atoms with Gasteiger partial charge >= 0.3 is 0 Å². The summed E-state index contributed by atoms with van der Waals surface area (Å²) in [4.78, 5) is 19.0. The molecule has 4 nitrogen and oxygen atoms in total. The summed E-state index contributed by atoms with van der Waals surface area (Å²) in [6.07, 6.45) is 10.3. The molecular weight excluding hydrogens is 361 g/mol. The first-order valence-corrected chi connectivity index (χ1v) is 10.5. The first-order valence-electron chi connectivity index (χ1n) is 9.67. The largest absolute Gasteiger partial charge is 0.349 e. The van der Waals surface area contributed by atoms with Crippen LogP contribution in [0.15, 0.2) is 30.5 Å². The van der Waals surface area contributed by atoms with E-state index in [0.717, 1.165) is 39.6 Å². The molecule has 2 aromatic heterocycles. The van der Waals surface area contributed by atoms with E-state index in [2.05, 4.69) is 10.3 Å². The van der Waals surface area contributed by atoms with Crippen molar-refractivity contribution in [1.29, 1.82) is 0 Å². The van der Waals surface area contributed by atoms with Crippen molar-refractivity contribution in [3.63, 3.8) is 0 Å². The normalized spacial score (nSPS) is 16.2. The van der Waals surface area contributed by atoms with E-state index in [1.165, 1.54) is 55.6 Å². The lowest BCUT2D eigenvalue weighted by molar-refractivity contribution is 0.0933. The van der Waals surface area contributed by atoms with Crippen LogP contribution in [0, 0.1) is 12.7 Å². The topological polar surface area (TPSA) is 46.4 Å². The molecule has 0 aliphatic heterocycles. The second-order valence-corrected chi connectivity index (χ2v) is 8.30. The van der Waals surface area contributed by atoms with Gasteiger partial charge < -0.3 is 5.32 Å². The molecule has 1 aliphatic carbocycles. The third kappa shape index (κ3) is 3.90.